The summed E-state index contributed by atoms with van der Waals surface area (Å²) in [5, 5.41) is 0. The summed E-state index contributed by atoms with van der Waals surface area (Å²) in [5.41, 5.74) is 2.46. The largest absolute Gasteiger partial charge is 0.496 e. The van der Waals surface area contributed by atoms with Crippen LogP contribution in [0.25, 0.3) is 0 Å². The van der Waals surface area contributed by atoms with E-state index in [-0.39, 0.29) is 0 Å². The summed E-state index contributed by atoms with van der Waals surface area (Å²) >= 11 is 0. The zero-order valence-corrected chi connectivity index (χ0v) is 14.1. The highest BCUT2D eigenvalue weighted by Gasteiger charge is 2.21. The van der Waals surface area contributed by atoms with Gasteiger partial charge in [0, 0.05) is 17.7 Å². The molecule has 0 radical (unpaired) electrons. The second-order valence-corrected chi connectivity index (χ2v) is 6.49. The zero-order valence-electron chi connectivity index (χ0n) is 14.1. The minimum atomic E-state index is 0.385. The second kappa shape index (κ2) is 7.17. The molecule has 3 heteroatoms. The smallest absolute Gasteiger partial charge is 0.130 e. The van der Waals surface area contributed by atoms with Crippen LogP contribution < -0.4 is 9.47 Å². The molecule has 1 saturated heterocycles. The number of rotatable bonds is 5. The van der Waals surface area contributed by atoms with Crippen LogP contribution in [-0.2, 0) is 6.54 Å². The summed E-state index contributed by atoms with van der Waals surface area (Å²) in [6.45, 7) is 10.1. The summed E-state index contributed by atoms with van der Waals surface area (Å²) in [6.07, 6.45) is 2.60. The number of likely N-dealkylation sites (tertiary alicyclic amines) is 1. The lowest BCUT2D eigenvalue weighted by atomic mass is 9.96. The van der Waals surface area contributed by atoms with Gasteiger partial charge in [-0.2, -0.15) is 0 Å². The van der Waals surface area contributed by atoms with Crippen molar-refractivity contribution in [3.05, 3.63) is 23.3 Å². The van der Waals surface area contributed by atoms with Crippen molar-refractivity contribution < 1.29 is 9.47 Å². The van der Waals surface area contributed by atoms with Crippen LogP contribution in [-0.4, -0.2) is 32.2 Å². The first-order chi connectivity index (χ1) is 10.1. The molecule has 0 amide bonds. The minimum absolute atomic E-state index is 0.385. The van der Waals surface area contributed by atoms with Crippen molar-refractivity contribution in [2.24, 2.45) is 5.92 Å². The Morgan fingerprint density at radius 2 is 1.81 bits per heavy atom. The monoisotopic (exact) mass is 291 g/mol. The fourth-order valence-corrected chi connectivity index (χ4v) is 3.18. The molecule has 1 aromatic carbocycles. The van der Waals surface area contributed by atoms with Crippen molar-refractivity contribution >= 4 is 0 Å². The Hall–Kier alpha value is -1.22. The Morgan fingerprint density at radius 1 is 1.14 bits per heavy atom. The van der Waals surface area contributed by atoms with Crippen LogP contribution in [0.5, 0.6) is 11.5 Å². The molecular formula is C18H29NO2. The van der Waals surface area contributed by atoms with Gasteiger partial charge in [-0.3, -0.25) is 4.90 Å². The Bertz CT molecular complexity index is 463. The van der Waals surface area contributed by atoms with Crippen molar-refractivity contribution in [3.8, 4) is 11.5 Å². The van der Waals surface area contributed by atoms with E-state index in [0.717, 1.165) is 24.0 Å². The lowest BCUT2D eigenvalue weighted by Gasteiger charge is -2.31. The van der Waals surface area contributed by atoms with Crippen LogP contribution in [0.4, 0.5) is 0 Å². The van der Waals surface area contributed by atoms with E-state index in [4.69, 9.17) is 9.47 Å². The molecule has 1 aromatic rings. The highest BCUT2D eigenvalue weighted by Crippen LogP contribution is 2.38. The summed E-state index contributed by atoms with van der Waals surface area (Å²) in [4.78, 5) is 2.54. The zero-order chi connectivity index (χ0) is 15.4. The first-order valence-electron chi connectivity index (χ1n) is 8.02. The van der Waals surface area contributed by atoms with Crippen molar-refractivity contribution in [2.45, 2.75) is 46.1 Å². The molecule has 0 bridgehead atoms. The molecule has 1 aliphatic heterocycles. The van der Waals surface area contributed by atoms with E-state index in [0.29, 0.717) is 5.92 Å². The predicted octanol–water partition coefficient (Wildman–Crippen LogP) is 4.06. The van der Waals surface area contributed by atoms with Gasteiger partial charge < -0.3 is 9.47 Å². The van der Waals surface area contributed by atoms with Gasteiger partial charge in [0.2, 0.25) is 0 Å². The quantitative estimate of drug-likeness (QED) is 0.816. The van der Waals surface area contributed by atoms with E-state index < -0.39 is 0 Å². The lowest BCUT2D eigenvalue weighted by Crippen LogP contribution is -2.32. The molecule has 1 fully saturated rings. The first-order valence-corrected chi connectivity index (χ1v) is 8.02. The average Bonchev–Trinajstić information content (AvgIpc) is 2.48. The van der Waals surface area contributed by atoms with Gasteiger partial charge in [-0.25, -0.2) is 0 Å². The summed E-state index contributed by atoms with van der Waals surface area (Å²) in [7, 11) is 3.49. The number of benzene rings is 1. The van der Waals surface area contributed by atoms with Crippen LogP contribution in [0.1, 0.15) is 50.7 Å². The molecule has 0 aliphatic carbocycles. The lowest BCUT2D eigenvalue weighted by molar-refractivity contribution is 0.183. The standard InChI is InChI=1S/C18H29NO2/c1-13(2)17-16(20-4)7-6-15(18(17)21-5)12-19-10-8-14(3)9-11-19/h6-7,13-14H,8-12H2,1-5H3. The highest BCUT2D eigenvalue weighted by molar-refractivity contribution is 5.51. The van der Waals surface area contributed by atoms with Gasteiger partial charge in [0.1, 0.15) is 11.5 Å². The summed E-state index contributed by atoms with van der Waals surface area (Å²) < 4.78 is 11.3. The summed E-state index contributed by atoms with van der Waals surface area (Å²) in [6, 6.07) is 4.24. The Morgan fingerprint density at radius 3 is 2.33 bits per heavy atom. The normalized spacial score (nSPS) is 17.2. The molecule has 21 heavy (non-hydrogen) atoms. The molecule has 0 aromatic heterocycles. The van der Waals surface area contributed by atoms with Crippen molar-refractivity contribution in [1.29, 1.82) is 0 Å². The molecular weight excluding hydrogens is 262 g/mol. The predicted molar refractivity (Wildman–Crippen MR) is 87.3 cm³/mol. The van der Waals surface area contributed by atoms with Crippen molar-refractivity contribution in [2.75, 3.05) is 27.3 Å². The van der Waals surface area contributed by atoms with Gasteiger partial charge in [0.15, 0.2) is 0 Å². The maximum atomic E-state index is 5.74. The van der Waals surface area contributed by atoms with Gasteiger partial charge in [-0.05, 0) is 43.8 Å². The highest BCUT2D eigenvalue weighted by atomic mass is 16.5. The number of piperidine rings is 1. The van der Waals surface area contributed by atoms with E-state index in [1.165, 1.54) is 37.1 Å². The third-order valence-corrected chi connectivity index (χ3v) is 4.51. The molecule has 0 unspecified atom stereocenters. The van der Waals surface area contributed by atoms with Crippen LogP contribution >= 0.6 is 0 Å². The van der Waals surface area contributed by atoms with E-state index >= 15 is 0 Å². The van der Waals surface area contributed by atoms with Crippen LogP contribution in [0.3, 0.4) is 0 Å². The van der Waals surface area contributed by atoms with Gasteiger partial charge in [0.25, 0.3) is 0 Å². The van der Waals surface area contributed by atoms with E-state index in [2.05, 4.69) is 37.8 Å². The van der Waals surface area contributed by atoms with Crippen LogP contribution in [0.2, 0.25) is 0 Å². The maximum Gasteiger partial charge on any atom is 0.130 e. The van der Waals surface area contributed by atoms with E-state index in [1.807, 2.05) is 0 Å². The first kappa shape index (κ1) is 16.2. The van der Waals surface area contributed by atoms with E-state index in [9.17, 15) is 0 Å². The second-order valence-electron chi connectivity index (χ2n) is 6.49. The van der Waals surface area contributed by atoms with Gasteiger partial charge >= 0.3 is 0 Å². The molecule has 0 saturated carbocycles. The van der Waals surface area contributed by atoms with Crippen LogP contribution in [0, 0.1) is 5.92 Å². The molecule has 0 spiro atoms. The number of methoxy groups -OCH3 is 2. The fraction of sp³-hybridized carbons (Fsp3) is 0.667. The molecule has 1 heterocycles. The van der Waals surface area contributed by atoms with Crippen molar-refractivity contribution in [3.63, 3.8) is 0 Å². The Balaban J connectivity index is 2.25. The topological polar surface area (TPSA) is 21.7 Å². The van der Waals surface area contributed by atoms with Crippen LogP contribution in [0.15, 0.2) is 12.1 Å². The van der Waals surface area contributed by atoms with Gasteiger partial charge in [-0.1, -0.05) is 26.8 Å². The Kier molecular flexibility index (Phi) is 5.51. The number of hydrogen-bond acceptors (Lipinski definition) is 3. The summed E-state index contributed by atoms with van der Waals surface area (Å²) in [5.74, 6) is 3.18. The van der Waals surface area contributed by atoms with Crippen molar-refractivity contribution in [1.82, 2.24) is 4.90 Å². The molecule has 2 rings (SSSR count). The molecule has 1 aliphatic rings. The number of nitrogens with zero attached hydrogens (tertiary/aromatic N) is 1. The third-order valence-electron chi connectivity index (χ3n) is 4.51. The van der Waals surface area contributed by atoms with Gasteiger partial charge in [-0.15, -0.1) is 0 Å². The fourth-order valence-electron chi connectivity index (χ4n) is 3.18. The Labute approximate surface area is 129 Å². The maximum absolute atomic E-state index is 5.74. The average molecular weight is 291 g/mol. The number of hydrogen-bond donors (Lipinski definition) is 0. The van der Waals surface area contributed by atoms with E-state index in [1.54, 1.807) is 14.2 Å². The third kappa shape index (κ3) is 3.70. The SMILES string of the molecule is COc1ccc(CN2CCC(C)CC2)c(OC)c1C(C)C. The molecule has 0 N–H and O–H groups in total. The number of ether oxygens (including phenoxy) is 2. The minimum Gasteiger partial charge on any atom is -0.496 e. The molecule has 0 atom stereocenters. The van der Waals surface area contributed by atoms with Gasteiger partial charge in [0.05, 0.1) is 14.2 Å². The molecule has 118 valence electrons. The molecule has 3 nitrogen and oxygen atoms in total.